The van der Waals surface area contributed by atoms with Gasteiger partial charge in [-0.05, 0) is 43.5 Å². The Morgan fingerprint density at radius 3 is 2.85 bits per heavy atom. The van der Waals surface area contributed by atoms with Crippen LogP contribution in [0.15, 0.2) is 58.4 Å². The zero-order chi connectivity index (χ0) is 17.9. The molecule has 2 aromatic heterocycles. The number of carbonyl (C=O) groups is 1. The molecule has 6 nitrogen and oxygen atoms in total. The van der Waals surface area contributed by atoms with Crippen molar-refractivity contribution in [3.8, 4) is 11.5 Å². The van der Waals surface area contributed by atoms with Crippen LogP contribution in [0.3, 0.4) is 0 Å². The molecule has 26 heavy (non-hydrogen) atoms. The van der Waals surface area contributed by atoms with Gasteiger partial charge in [-0.2, -0.15) is 0 Å². The number of thioether (sulfide) groups is 1. The van der Waals surface area contributed by atoms with E-state index in [0.29, 0.717) is 11.1 Å². The van der Waals surface area contributed by atoms with Crippen molar-refractivity contribution in [1.29, 1.82) is 0 Å². The molecule has 0 bridgehead atoms. The average Bonchev–Trinajstić information content (AvgIpc) is 3.16. The molecule has 1 atom stereocenters. The third kappa shape index (κ3) is 3.35. The van der Waals surface area contributed by atoms with Crippen molar-refractivity contribution in [2.45, 2.75) is 30.2 Å². The summed E-state index contributed by atoms with van der Waals surface area (Å²) in [4.78, 5) is 18.8. The van der Waals surface area contributed by atoms with Crippen molar-refractivity contribution in [2.75, 3.05) is 11.4 Å². The zero-order valence-electron chi connectivity index (χ0n) is 14.3. The molecule has 0 aliphatic carbocycles. The first-order valence-corrected chi connectivity index (χ1v) is 9.40. The third-order valence-corrected chi connectivity index (χ3v) is 5.26. The number of pyridine rings is 1. The Labute approximate surface area is 155 Å². The van der Waals surface area contributed by atoms with Crippen LogP contribution in [-0.2, 0) is 11.2 Å². The molecule has 4 rings (SSSR count). The molecule has 1 aromatic carbocycles. The van der Waals surface area contributed by atoms with Crippen LogP contribution in [0.25, 0.3) is 11.5 Å². The SMILES string of the molecule is C[C@H](Sc1nnc(-c2ccncc2)o1)C(=O)N1CCCc2ccccc21. The molecule has 0 saturated carbocycles. The minimum absolute atomic E-state index is 0.0609. The molecule has 1 amide bonds. The van der Waals surface area contributed by atoms with Gasteiger partial charge in [0.25, 0.3) is 5.22 Å². The van der Waals surface area contributed by atoms with Crippen LogP contribution in [0.4, 0.5) is 5.69 Å². The van der Waals surface area contributed by atoms with E-state index in [1.54, 1.807) is 24.5 Å². The first-order chi connectivity index (χ1) is 12.7. The molecule has 0 spiro atoms. The van der Waals surface area contributed by atoms with Crippen molar-refractivity contribution in [2.24, 2.45) is 0 Å². The minimum Gasteiger partial charge on any atom is -0.411 e. The lowest BCUT2D eigenvalue weighted by molar-refractivity contribution is -0.117. The lowest BCUT2D eigenvalue weighted by atomic mass is 10.0. The molecular weight excluding hydrogens is 348 g/mol. The Kier molecular flexibility index (Phi) is 4.71. The number of hydrogen-bond acceptors (Lipinski definition) is 6. The van der Waals surface area contributed by atoms with Gasteiger partial charge in [0.05, 0.1) is 5.25 Å². The van der Waals surface area contributed by atoms with Gasteiger partial charge < -0.3 is 9.32 Å². The molecule has 1 aliphatic heterocycles. The fourth-order valence-electron chi connectivity index (χ4n) is 3.05. The smallest absolute Gasteiger partial charge is 0.277 e. The Hall–Kier alpha value is -2.67. The van der Waals surface area contributed by atoms with Crippen LogP contribution in [0.2, 0.25) is 0 Å². The number of para-hydroxylation sites is 1. The fraction of sp³-hybridized carbons (Fsp3) is 0.263. The second kappa shape index (κ2) is 7.29. The van der Waals surface area contributed by atoms with Crippen molar-refractivity contribution >= 4 is 23.4 Å². The summed E-state index contributed by atoms with van der Waals surface area (Å²) in [6.07, 6.45) is 5.34. The topological polar surface area (TPSA) is 72.1 Å². The van der Waals surface area contributed by atoms with E-state index in [2.05, 4.69) is 21.2 Å². The quantitative estimate of drug-likeness (QED) is 0.657. The summed E-state index contributed by atoms with van der Waals surface area (Å²) in [7, 11) is 0. The molecule has 0 unspecified atom stereocenters. The monoisotopic (exact) mass is 366 g/mol. The first kappa shape index (κ1) is 16.8. The summed E-state index contributed by atoms with van der Waals surface area (Å²) in [6.45, 7) is 2.62. The number of fused-ring (bicyclic) bond motifs is 1. The number of rotatable bonds is 4. The molecule has 0 saturated heterocycles. The van der Waals surface area contributed by atoms with Crippen molar-refractivity contribution < 1.29 is 9.21 Å². The lowest BCUT2D eigenvalue weighted by Gasteiger charge is -2.31. The number of benzene rings is 1. The van der Waals surface area contributed by atoms with E-state index in [9.17, 15) is 4.79 Å². The van der Waals surface area contributed by atoms with Gasteiger partial charge in [0.15, 0.2) is 0 Å². The van der Waals surface area contributed by atoms with Gasteiger partial charge >= 0.3 is 0 Å². The van der Waals surface area contributed by atoms with E-state index in [0.717, 1.165) is 30.6 Å². The Morgan fingerprint density at radius 2 is 2.00 bits per heavy atom. The highest BCUT2D eigenvalue weighted by Crippen LogP contribution is 2.31. The van der Waals surface area contributed by atoms with Crippen molar-refractivity contribution in [3.63, 3.8) is 0 Å². The maximum absolute atomic E-state index is 12.9. The van der Waals surface area contributed by atoms with Crippen LogP contribution in [-0.4, -0.2) is 32.9 Å². The minimum atomic E-state index is -0.313. The van der Waals surface area contributed by atoms with Crippen LogP contribution in [0.1, 0.15) is 18.9 Å². The standard InChI is InChI=1S/C19H18N4O2S/c1-13(18(24)23-12-4-6-14-5-2-3-7-16(14)23)26-19-22-21-17(25-19)15-8-10-20-11-9-15/h2-3,5,7-11,13H,4,6,12H2,1H3/t13-/m0/s1. The van der Waals surface area contributed by atoms with E-state index < -0.39 is 0 Å². The second-order valence-corrected chi connectivity index (χ2v) is 7.38. The maximum atomic E-state index is 12.9. The number of nitrogens with zero attached hydrogens (tertiary/aromatic N) is 4. The highest BCUT2D eigenvalue weighted by Gasteiger charge is 2.28. The molecule has 0 N–H and O–H groups in total. The van der Waals surface area contributed by atoms with Gasteiger partial charge in [0.2, 0.25) is 11.8 Å². The van der Waals surface area contributed by atoms with Crippen LogP contribution >= 0.6 is 11.8 Å². The highest BCUT2D eigenvalue weighted by molar-refractivity contribution is 8.00. The van der Waals surface area contributed by atoms with Crippen LogP contribution in [0, 0.1) is 0 Å². The number of amides is 1. The number of aromatic nitrogens is 3. The summed E-state index contributed by atoms with van der Waals surface area (Å²) in [5, 5.41) is 8.20. The van der Waals surface area contributed by atoms with Gasteiger partial charge in [-0.15, -0.1) is 10.2 Å². The van der Waals surface area contributed by atoms with Crippen molar-refractivity contribution in [1.82, 2.24) is 15.2 Å². The third-order valence-electron chi connectivity index (χ3n) is 4.34. The summed E-state index contributed by atoms with van der Waals surface area (Å²) < 4.78 is 5.69. The Balaban J connectivity index is 1.48. The van der Waals surface area contributed by atoms with Gasteiger partial charge in [-0.1, -0.05) is 30.0 Å². The summed E-state index contributed by atoms with van der Waals surface area (Å²) >= 11 is 1.29. The average molecular weight is 366 g/mol. The number of hydrogen-bond donors (Lipinski definition) is 0. The predicted octanol–water partition coefficient (Wildman–Crippen LogP) is 3.59. The van der Waals surface area contributed by atoms with Gasteiger partial charge in [0, 0.05) is 30.2 Å². The van der Waals surface area contributed by atoms with E-state index in [-0.39, 0.29) is 11.2 Å². The molecule has 1 aliphatic rings. The number of anilines is 1. The second-order valence-electron chi connectivity index (χ2n) is 6.09. The fourth-order valence-corrected chi connectivity index (χ4v) is 3.80. The maximum Gasteiger partial charge on any atom is 0.277 e. The Bertz CT molecular complexity index is 913. The van der Waals surface area contributed by atoms with Crippen LogP contribution < -0.4 is 4.90 Å². The van der Waals surface area contributed by atoms with Gasteiger partial charge in [-0.3, -0.25) is 9.78 Å². The zero-order valence-corrected chi connectivity index (χ0v) is 15.1. The predicted molar refractivity (Wildman–Crippen MR) is 100.0 cm³/mol. The largest absolute Gasteiger partial charge is 0.411 e. The molecule has 0 radical (unpaired) electrons. The lowest BCUT2D eigenvalue weighted by Crippen LogP contribution is -2.40. The van der Waals surface area contributed by atoms with E-state index in [1.165, 1.54) is 17.3 Å². The van der Waals surface area contributed by atoms with E-state index >= 15 is 0 Å². The normalized spacial score (nSPS) is 14.7. The van der Waals surface area contributed by atoms with Gasteiger partial charge in [-0.25, -0.2) is 0 Å². The number of carbonyl (C=O) groups excluding carboxylic acids is 1. The van der Waals surface area contributed by atoms with Crippen molar-refractivity contribution in [3.05, 3.63) is 54.4 Å². The highest BCUT2D eigenvalue weighted by atomic mass is 32.2. The molecule has 0 fully saturated rings. The molecule has 132 valence electrons. The molecular formula is C19H18N4O2S. The summed E-state index contributed by atoms with van der Waals surface area (Å²) in [5.74, 6) is 0.490. The molecule has 7 heteroatoms. The molecule has 3 heterocycles. The molecule has 3 aromatic rings. The van der Waals surface area contributed by atoms with E-state index in [4.69, 9.17) is 4.42 Å². The van der Waals surface area contributed by atoms with E-state index in [1.807, 2.05) is 30.0 Å². The Morgan fingerprint density at radius 1 is 1.19 bits per heavy atom. The number of aryl methyl sites for hydroxylation is 1. The summed E-state index contributed by atoms with van der Waals surface area (Å²) in [5.41, 5.74) is 3.05. The van der Waals surface area contributed by atoms with Crippen LogP contribution in [0.5, 0.6) is 0 Å². The summed E-state index contributed by atoms with van der Waals surface area (Å²) in [6, 6.07) is 11.7. The first-order valence-electron chi connectivity index (χ1n) is 8.52. The van der Waals surface area contributed by atoms with Gasteiger partial charge in [0.1, 0.15) is 0 Å².